The number of aryl methyl sites for hydroxylation is 1. The number of anilines is 1. The van der Waals surface area contributed by atoms with E-state index in [1.165, 1.54) is 11.3 Å². The molecule has 0 spiro atoms. The standard InChI is InChI=1S/C13H16N4O2S/c1-8-4-5-11(19-3)10(6-8)9(2)15-12(18)16-13-17-14-7-20-13/h4-7,9H,1-3H3,(H2,15,16,17,18)/t9-/m1/s1. The van der Waals surface area contributed by atoms with Crippen LogP contribution in [0.2, 0.25) is 0 Å². The first kappa shape index (κ1) is 14.3. The van der Waals surface area contributed by atoms with Crippen molar-refractivity contribution < 1.29 is 9.53 Å². The maximum atomic E-state index is 11.9. The molecule has 0 saturated carbocycles. The van der Waals surface area contributed by atoms with Crippen LogP contribution < -0.4 is 15.4 Å². The summed E-state index contributed by atoms with van der Waals surface area (Å²) in [5.74, 6) is 0.749. The number of carbonyl (C=O) groups is 1. The second kappa shape index (κ2) is 6.33. The molecule has 0 radical (unpaired) electrons. The van der Waals surface area contributed by atoms with Gasteiger partial charge in [0.25, 0.3) is 0 Å². The van der Waals surface area contributed by atoms with E-state index in [1.807, 2.05) is 32.0 Å². The van der Waals surface area contributed by atoms with Crippen LogP contribution in [-0.4, -0.2) is 23.3 Å². The maximum Gasteiger partial charge on any atom is 0.321 e. The van der Waals surface area contributed by atoms with E-state index < -0.39 is 0 Å². The minimum Gasteiger partial charge on any atom is -0.496 e. The summed E-state index contributed by atoms with van der Waals surface area (Å²) in [5.41, 5.74) is 3.60. The Morgan fingerprint density at radius 1 is 1.45 bits per heavy atom. The number of amides is 2. The van der Waals surface area contributed by atoms with Crippen LogP contribution in [0.3, 0.4) is 0 Å². The van der Waals surface area contributed by atoms with Gasteiger partial charge in [0.15, 0.2) is 0 Å². The molecule has 2 aromatic rings. The second-order valence-electron chi connectivity index (χ2n) is 4.31. The maximum absolute atomic E-state index is 11.9. The molecule has 1 atom stereocenters. The van der Waals surface area contributed by atoms with Crippen molar-refractivity contribution in [2.75, 3.05) is 12.4 Å². The van der Waals surface area contributed by atoms with Gasteiger partial charge < -0.3 is 10.1 Å². The molecule has 0 aliphatic rings. The lowest BCUT2D eigenvalue weighted by Crippen LogP contribution is -2.31. The molecular formula is C13H16N4O2S. The lowest BCUT2D eigenvalue weighted by atomic mass is 10.0. The van der Waals surface area contributed by atoms with E-state index in [1.54, 1.807) is 12.6 Å². The number of ether oxygens (including phenoxy) is 1. The monoisotopic (exact) mass is 292 g/mol. The van der Waals surface area contributed by atoms with Gasteiger partial charge in [-0.15, -0.1) is 10.2 Å². The average Bonchev–Trinajstić information content (AvgIpc) is 2.91. The molecule has 6 nitrogen and oxygen atoms in total. The van der Waals surface area contributed by atoms with Gasteiger partial charge in [-0.05, 0) is 19.9 Å². The zero-order chi connectivity index (χ0) is 14.5. The van der Waals surface area contributed by atoms with E-state index in [-0.39, 0.29) is 12.1 Å². The van der Waals surface area contributed by atoms with Crippen molar-refractivity contribution in [3.05, 3.63) is 34.8 Å². The summed E-state index contributed by atoms with van der Waals surface area (Å²) in [6.07, 6.45) is 0. The Kier molecular flexibility index (Phi) is 4.52. The third-order valence-electron chi connectivity index (χ3n) is 2.78. The highest BCUT2D eigenvalue weighted by molar-refractivity contribution is 7.13. The summed E-state index contributed by atoms with van der Waals surface area (Å²) in [6.45, 7) is 3.90. The molecule has 1 aromatic carbocycles. The van der Waals surface area contributed by atoms with Crippen LogP contribution in [-0.2, 0) is 0 Å². The predicted octanol–water partition coefficient (Wildman–Crippen LogP) is 2.74. The van der Waals surface area contributed by atoms with E-state index in [0.29, 0.717) is 5.13 Å². The number of nitrogens with one attached hydrogen (secondary N) is 2. The van der Waals surface area contributed by atoms with Crippen LogP contribution >= 0.6 is 11.3 Å². The van der Waals surface area contributed by atoms with Crippen LogP contribution in [0.4, 0.5) is 9.93 Å². The first-order valence-electron chi connectivity index (χ1n) is 6.08. The number of urea groups is 1. The van der Waals surface area contributed by atoms with Gasteiger partial charge in [0.2, 0.25) is 5.13 Å². The van der Waals surface area contributed by atoms with Crippen LogP contribution in [0.1, 0.15) is 24.1 Å². The summed E-state index contributed by atoms with van der Waals surface area (Å²) in [5, 5.41) is 13.4. The van der Waals surface area contributed by atoms with E-state index in [2.05, 4.69) is 20.8 Å². The number of hydrogen-bond donors (Lipinski definition) is 2. The molecule has 0 aliphatic carbocycles. The molecule has 20 heavy (non-hydrogen) atoms. The molecule has 0 unspecified atom stereocenters. The van der Waals surface area contributed by atoms with Gasteiger partial charge in [-0.3, -0.25) is 5.32 Å². The Hall–Kier alpha value is -2.15. The summed E-state index contributed by atoms with van der Waals surface area (Å²) >= 11 is 1.27. The lowest BCUT2D eigenvalue weighted by molar-refractivity contribution is 0.249. The van der Waals surface area contributed by atoms with Crippen molar-refractivity contribution in [2.24, 2.45) is 0 Å². The van der Waals surface area contributed by atoms with E-state index in [4.69, 9.17) is 4.74 Å². The van der Waals surface area contributed by atoms with Crippen molar-refractivity contribution in [3.63, 3.8) is 0 Å². The Labute approximate surface area is 121 Å². The third kappa shape index (κ3) is 3.45. The fraction of sp³-hybridized carbons (Fsp3) is 0.308. The predicted molar refractivity (Wildman–Crippen MR) is 78.2 cm³/mol. The van der Waals surface area contributed by atoms with Crippen LogP contribution in [0.5, 0.6) is 5.75 Å². The molecular weight excluding hydrogens is 276 g/mol. The van der Waals surface area contributed by atoms with Gasteiger partial charge in [-0.1, -0.05) is 29.0 Å². The van der Waals surface area contributed by atoms with E-state index >= 15 is 0 Å². The number of methoxy groups -OCH3 is 1. The Morgan fingerprint density at radius 3 is 2.90 bits per heavy atom. The summed E-state index contributed by atoms with van der Waals surface area (Å²) in [4.78, 5) is 11.9. The van der Waals surface area contributed by atoms with Gasteiger partial charge in [0.1, 0.15) is 11.3 Å². The highest BCUT2D eigenvalue weighted by Gasteiger charge is 2.14. The summed E-state index contributed by atoms with van der Waals surface area (Å²) < 4.78 is 5.32. The Morgan fingerprint density at radius 2 is 2.25 bits per heavy atom. The largest absolute Gasteiger partial charge is 0.496 e. The molecule has 1 aromatic heterocycles. The Balaban J connectivity index is 2.06. The van der Waals surface area contributed by atoms with Crippen LogP contribution in [0, 0.1) is 6.92 Å². The number of carbonyl (C=O) groups excluding carboxylic acids is 1. The van der Waals surface area contributed by atoms with E-state index in [9.17, 15) is 4.79 Å². The number of hydrogen-bond acceptors (Lipinski definition) is 5. The van der Waals surface area contributed by atoms with Crippen molar-refractivity contribution in [1.29, 1.82) is 0 Å². The van der Waals surface area contributed by atoms with Gasteiger partial charge >= 0.3 is 6.03 Å². The minimum absolute atomic E-state index is 0.183. The molecule has 106 valence electrons. The van der Waals surface area contributed by atoms with Gasteiger partial charge in [-0.2, -0.15) is 0 Å². The Bertz CT molecular complexity index is 586. The molecule has 1 heterocycles. The minimum atomic E-state index is -0.321. The number of rotatable bonds is 4. The highest BCUT2D eigenvalue weighted by atomic mass is 32.1. The summed E-state index contributed by atoms with van der Waals surface area (Å²) in [7, 11) is 1.61. The SMILES string of the molecule is COc1ccc(C)cc1[C@@H](C)NC(=O)Nc1nncs1. The number of aromatic nitrogens is 2. The van der Waals surface area contributed by atoms with Crippen molar-refractivity contribution in [2.45, 2.75) is 19.9 Å². The van der Waals surface area contributed by atoms with Gasteiger partial charge in [-0.25, -0.2) is 4.79 Å². The highest BCUT2D eigenvalue weighted by Crippen LogP contribution is 2.26. The average molecular weight is 292 g/mol. The molecule has 0 aliphatic heterocycles. The molecule has 2 N–H and O–H groups in total. The fourth-order valence-electron chi connectivity index (χ4n) is 1.83. The van der Waals surface area contributed by atoms with Crippen molar-refractivity contribution in [1.82, 2.24) is 15.5 Å². The van der Waals surface area contributed by atoms with Crippen LogP contribution in [0.25, 0.3) is 0 Å². The van der Waals surface area contributed by atoms with Crippen molar-refractivity contribution in [3.8, 4) is 5.75 Å². The van der Waals surface area contributed by atoms with Crippen LogP contribution in [0.15, 0.2) is 23.7 Å². The van der Waals surface area contributed by atoms with E-state index in [0.717, 1.165) is 16.9 Å². The van der Waals surface area contributed by atoms with Crippen molar-refractivity contribution >= 4 is 22.5 Å². The third-order valence-corrected chi connectivity index (χ3v) is 3.39. The quantitative estimate of drug-likeness (QED) is 0.908. The number of benzene rings is 1. The molecule has 2 amide bonds. The first-order valence-corrected chi connectivity index (χ1v) is 6.96. The first-order chi connectivity index (χ1) is 9.60. The molecule has 0 bridgehead atoms. The van der Waals surface area contributed by atoms with Gasteiger partial charge in [0, 0.05) is 5.56 Å². The second-order valence-corrected chi connectivity index (χ2v) is 5.14. The number of nitrogens with zero attached hydrogens (tertiary/aromatic N) is 2. The molecule has 0 fully saturated rings. The molecule has 0 saturated heterocycles. The smallest absolute Gasteiger partial charge is 0.321 e. The lowest BCUT2D eigenvalue weighted by Gasteiger charge is -2.17. The topological polar surface area (TPSA) is 76.1 Å². The molecule has 7 heteroatoms. The normalized spacial score (nSPS) is 11.8. The van der Waals surface area contributed by atoms with Gasteiger partial charge in [0.05, 0.1) is 13.2 Å². The zero-order valence-corrected chi connectivity index (χ0v) is 12.3. The fourth-order valence-corrected chi connectivity index (χ4v) is 2.27. The molecule has 2 rings (SSSR count). The summed E-state index contributed by atoms with van der Waals surface area (Å²) in [6, 6.07) is 5.35. The zero-order valence-electron chi connectivity index (χ0n) is 11.5.